The third kappa shape index (κ3) is 2.86. The van der Waals surface area contributed by atoms with Gasteiger partial charge in [-0.15, -0.1) is 0 Å². The lowest BCUT2D eigenvalue weighted by atomic mass is 10.1. The first-order valence-corrected chi connectivity index (χ1v) is 7.16. The summed E-state index contributed by atoms with van der Waals surface area (Å²) in [6, 6.07) is 12.3. The molecule has 1 fully saturated rings. The highest BCUT2D eigenvalue weighted by Gasteiger charge is 2.09. The van der Waals surface area contributed by atoms with Crippen LogP contribution in [0.4, 0.5) is 11.4 Å². The zero-order valence-electron chi connectivity index (χ0n) is 11.6. The number of nitrogen functional groups attached to an aromatic ring is 1. The molecule has 1 aliphatic heterocycles. The van der Waals surface area contributed by atoms with Gasteiger partial charge in [0.2, 0.25) is 0 Å². The molecule has 0 bridgehead atoms. The monoisotopic (exact) mass is 271 g/mol. The molecule has 1 heterocycles. The Balaban J connectivity index is 1.67. The maximum atomic E-state index is 6.02. The molecule has 1 aliphatic rings. The molecule has 0 aromatic heterocycles. The molecule has 0 radical (unpaired) electrons. The second kappa shape index (κ2) is 6.11. The van der Waals surface area contributed by atoms with E-state index < -0.39 is 0 Å². The summed E-state index contributed by atoms with van der Waals surface area (Å²) >= 11 is 0. The van der Waals surface area contributed by atoms with E-state index in [0.717, 1.165) is 56.2 Å². The van der Waals surface area contributed by atoms with Crippen LogP contribution in [-0.2, 0) is 4.74 Å². The first-order valence-electron chi connectivity index (χ1n) is 7.16. The van der Waals surface area contributed by atoms with Gasteiger partial charge in [-0.05, 0) is 12.1 Å². The molecule has 2 aromatic rings. The van der Waals surface area contributed by atoms with Crippen LogP contribution in [0.3, 0.4) is 0 Å². The quantitative estimate of drug-likeness (QED) is 0.837. The summed E-state index contributed by atoms with van der Waals surface area (Å²) in [6.45, 7) is 5.75. The Bertz CT molecular complexity index is 579. The number of nitrogens with one attached hydrogen (secondary N) is 1. The van der Waals surface area contributed by atoms with Gasteiger partial charge >= 0.3 is 0 Å². The van der Waals surface area contributed by atoms with Gasteiger partial charge in [-0.25, -0.2) is 0 Å². The molecule has 1 saturated heterocycles. The van der Waals surface area contributed by atoms with E-state index in [1.54, 1.807) is 0 Å². The normalized spacial score (nSPS) is 16.4. The van der Waals surface area contributed by atoms with Gasteiger partial charge < -0.3 is 15.8 Å². The van der Waals surface area contributed by atoms with E-state index in [2.05, 4.69) is 34.5 Å². The number of anilines is 2. The van der Waals surface area contributed by atoms with E-state index in [0.29, 0.717) is 0 Å². The SMILES string of the molecule is Nc1ccc(NCCN2CCOCC2)c2ccccc12. The highest BCUT2D eigenvalue weighted by Crippen LogP contribution is 2.27. The number of fused-ring (bicyclic) bond motifs is 1. The summed E-state index contributed by atoms with van der Waals surface area (Å²) in [6.07, 6.45) is 0. The van der Waals surface area contributed by atoms with E-state index in [4.69, 9.17) is 10.5 Å². The number of ether oxygens (including phenoxy) is 1. The highest BCUT2D eigenvalue weighted by molar-refractivity contribution is 6.01. The minimum Gasteiger partial charge on any atom is -0.398 e. The molecule has 0 amide bonds. The predicted molar refractivity (Wildman–Crippen MR) is 84.1 cm³/mol. The van der Waals surface area contributed by atoms with Gasteiger partial charge in [0.15, 0.2) is 0 Å². The Kier molecular flexibility index (Phi) is 4.04. The molecule has 20 heavy (non-hydrogen) atoms. The third-order valence-corrected chi connectivity index (χ3v) is 3.80. The molecule has 0 unspecified atom stereocenters. The van der Waals surface area contributed by atoms with Crippen LogP contribution in [-0.4, -0.2) is 44.3 Å². The molecular formula is C16H21N3O. The minimum absolute atomic E-state index is 0.833. The molecular weight excluding hydrogens is 250 g/mol. The van der Waals surface area contributed by atoms with Crippen molar-refractivity contribution in [3.8, 4) is 0 Å². The largest absolute Gasteiger partial charge is 0.398 e. The average Bonchev–Trinajstić information content (AvgIpc) is 2.51. The molecule has 3 rings (SSSR count). The number of rotatable bonds is 4. The van der Waals surface area contributed by atoms with Crippen LogP contribution in [0.15, 0.2) is 36.4 Å². The molecule has 0 aliphatic carbocycles. The summed E-state index contributed by atoms with van der Waals surface area (Å²) in [4.78, 5) is 2.43. The maximum Gasteiger partial charge on any atom is 0.0594 e. The summed E-state index contributed by atoms with van der Waals surface area (Å²) in [5.41, 5.74) is 8.01. The van der Waals surface area contributed by atoms with Crippen molar-refractivity contribution in [1.29, 1.82) is 0 Å². The standard InChI is InChI=1S/C16H21N3O/c17-15-5-6-16(14-4-2-1-3-13(14)15)18-7-8-19-9-11-20-12-10-19/h1-6,18H,7-12,17H2. The van der Waals surface area contributed by atoms with Crippen LogP contribution in [0.2, 0.25) is 0 Å². The van der Waals surface area contributed by atoms with Crippen molar-refractivity contribution >= 4 is 22.1 Å². The van der Waals surface area contributed by atoms with Crippen molar-refractivity contribution in [1.82, 2.24) is 4.90 Å². The molecule has 3 N–H and O–H groups in total. The predicted octanol–water partition coefficient (Wildman–Crippen LogP) is 2.17. The van der Waals surface area contributed by atoms with Crippen molar-refractivity contribution in [2.24, 2.45) is 0 Å². The second-order valence-electron chi connectivity index (χ2n) is 5.13. The summed E-state index contributed by atoms with van der Waals surface area (Å²) in [5.74, 6) is 0. The fourth-order valence-corrected chi connectivity index (χ4v) is 2.65. The van der Waals surface area contributed by atoms with Crippen LogP contribution in [0.5, 0.6) is 0 Å². The second-order valence-corrected chi connectivity index (χ2v) is 5.13. The molecule has 4 heteroatoms. The maximum absolute atomic E-state index is 6.02. The van der Waals surface area contributed by atoms with Crippen LogP contribution in [0.1, 0.15) is 0 Å². The van der Waals surface area contributed by atoms with Crippen LogP contribution >= 0.6 is 0 Å². The van der Waals surface area contributed by atoms with Crippen LogP contribution in [0, 0.1) is 0 Å². The Morgan fingerprint density at radius 3 is 2.60 bits per heavy atom. The summed E-state index contributed by atoms with van der Waals surface area (Å²) in [5, 5.41) is 5.83. The number of hydrogen-bond acceptors (Lipinski definition) is 4. The number of morpholine rings is 1. The smallest absolute Gasteiger partial charge is 0.0594 e. The van der Waals surface area contributed by atoms with Crippen molar-refractivity contribution < 1.29 is 4.74 Å². The third-order valence-electron chi connectivity index (χ3n) is 3.80. The zero-order chi connectivity index (χ0) is 13.8. The number of benzene rings is 2. The fourth-order valence-electron chi connectivity index (χ4n) is 2.65. The van der Waals surface area contributed by atoms with Crippen LogP contribution in [0.25, 0.3) is 10.8 Å². The van der Waals surface area contributed by atoms with E-state index in [1.165, 1.54) is 5.39 Å². The zero-order valence-corrected chi connectivity index (χ0v) is 11.6. The number of hydrogen-bond donors (Lipinski definition) is 2. The number of nitrogens with zero attached hydrogens (tertiary/aromatic N) is 1. The topological polar surface area (TPSA) is 50.5 Å². The van der Waals surface area contributed by atoms with Gasteiger partial charge in [0.25, 0.3) is 0 Å². The van der Waals surface area contributed by atoms with Gasteiger partial charge in [-0.2, -0.15) is 0 Å². The van der Waals surface area contributed by atoms with Gasteiger partial charge in [-0.1, -0.05) is 24.3 Å². The van der Waals surface area contributed by atoms with Gasteiger partial charge in [0, 0.05) is 48.3 Å². The molecule has 2 aromatic carbocycles. The molecule has 106 valence electrons. The molecule has 0 atom stereocenters. The van der Waals surface area contributed by atoms with Crippen molar-refractivity contribution in [3.05, 3.63) is 36.4 Å². The minimum atomic E-state index is 0.833. The van der Waals surface area contributed by atoms with Gasteiger partial charge in [-0.3, -0.25) is 4.90 Å². The highest BCUT2D eigenvalue weighted by atomic mass is 16.5. The van der Waals surface area contributed by atoms with E-state index in [9.17, 15) is 0 Å². The first kappa shape index (κ1) is 13.2. The van der Waals surface area contributed by atoms with E-state index >= 15 is 0 Å². The molecule has 0 saturated carbocycles. The lowest BCUT2D eigenvalue weighted by molar-refractivity contribution is 0.0398. The molecule has 4 nitrogen and oxygen atoms in total. The molecule has 0 spiro atoms. The fraction of sp³-hybridized carbons (Fsp3) is 0.375. The first-order chi connectivity index (χ1) is 9.84. The van der Waals surface area contributed by atoms with E-state index in [-0.39, 0.29) is 0 Å². The van der Waals surface area contributed by atoms with Crippen molar-refractivity contribution in [2.75, 3.05) is 50.4 Å². The summed E-state index contributed by atoms with van der Waals surface area (Å²) in [7, 11) is 0. The number of nitrogens with two attached hydrogens (primary N) is 1. The average molecular weight is 271 g/mol. The van der Waals surface area contributed by atoms with E-state index in [1.807, 2.05) is 12.1 Å². The summed E-state index contributed by atoms with van der Waals surface area (Å²) < 4.78 is 5.36. The Hall–Kier alpha value is -1.78. The lowest BCUT2D eigenvalue weighted by Gasteiger charge is -2.26. The van der Waals surface area contributed by atoms with Gasteiger partial charge in [0.1, 0.15) is 0 Å². The Morgan fingerprint density at radius 1 is 1.05 bits per heavy atom. The van der Waals surface area contributed by atoms with Crippen LogP contribution < -0.4 is 11.1 Å². The van der Waals surface area contributed by atoms with Crippen molar-refractivity contribution in [3.63, 3.8) is 0 Å². The van der Waals surface area contributed by atoms with Gasteiger partial charge in [0.05, 0.1) is 13.2 Å². The van der Waals surface area contributed by atoms with Crippen molar-refractivity contribution in [2.45, 2.75) is 0 Å². The Labute approximate surface area is 119 Å². The lowest BCUT2D eigenvalue weighted by Crippen LogP contribution is -2.39. The Morgan fingerprint density at radius 2 is 1.80 bits per heavy atom.